The van der Waals surface area contributed by atoms with E-state index in [1.807, 2.05) is 38.1 Å². The average Bonchev–Trinajstić information content (AvgIpc) is 3.81. The van der Waals surface area contributed by atoms with Gasteiger partial charge in [0.15, 0.2) is 23.1 Å². The largest absolute Gasteiger partial charge is 0.508 e. The molecule has 4 aromatic rings. The van der Waals surface area contributed by atoms with Crippen molar-refractivity contribution in [2.24, 2.45) is 10.9 Å². The van der Waals surface area contributed by atoms with Crippen molar-refractivity contribution in [2.45, 2.75) is 62.8 Å². The maximum atomic E-state index is 13.5. The van der Waals surface area contributed by atoms with Crippen LogP contribution >= 0.6 is 0 Å². The number of nitrogens with one attached hydrogen (secondary N) is 2. The second-order valence-corrected chi connectivity index (χ2v) is 15.1. The number of ether oxygens (including phenoxy) is 3. The minimum atomic E-state index is -3.18. The zero-order valence-corrected chi connectivity index (χ0v) is 33.2. The Bertz CT molecular complexity index is 2440. The van der Waals surface area contributed by atoms with E-state index in [0.717, 1.165) is 22.3 Å². The number of allylic oxidation sites excluding steroid dienone is 1. The Hall–Kier alpha value is -5.80. The van der Waals surface area contributed by atoms with Crippen LogP contribution in [0.25, 0.3) is 27.8 Å². The second kappa shape index (κ2) is 17.7. The van der Waals surface area contributed by atoms with E-state index >= 15 is 0 Å². The number of phenolic OH excluding ortho intramolecular Hbond substituents is 1. The zero-order chi connectivity index (χ0) is 43.7. The van der Waals surface area contributed by atoms with Gasteiger partial charge in [0.25, 0.3) is 5.79 Å². The van der Waals surface area contributed by atoms with Gasteiger partial charge in [-0.05, 0) is 75.4 Å². The minimum Gasteiger partial charge on any atom is -0.508 e. The summed E-state index contributed by atoms with van der Waals surface area (Å²) in [5, 5.41) is 77.8. The first kappa shape index (κ1) is 43.3. The fourth-order valence-corrected chi connectivity index (χ4v) is 7.86. The van der Waals surface area contributed by atoms with E-state index in [4.69, 9.17) is 23.5 Å². The number of phenols is 1. The van der Waals surface area contributed by atoms with Crippen molar-refractivity contribution in [1.82, 2.24) is 5.32 Å². The number of aromatic hydroxyl groups is 1. The molecule has 9 unspecified atom stereocenters. The third-order valence-corrected chi connectivity index (χ3v) is 10.8. The summed E-state index contributed by atoms with van der Waals surface area (Å²) >= 11 is 0. The van der Waals surface area contributed by atoms with Gasteiger partial charge in [-0.15, -0.1) is 0 Å². The van der Waals surface area contributed by atoms with E-state index < -0.39 is 79.0 Å². The van der Waals surface area contributed by atoms with Crippen molar-refractivity contribution in [1.29, 1.82) is 0 Å². The number of carboxylic acid groups (broad SMARTS) is 1. The number of aliphatic imine (C=N–C) groups is 1. The Morgan fingerprint density at radius 1 is 1.02 bits per heavy atom. The van der Waals surface area contributed by atoms with Crippen LogP contribution in [0.4, 0.5) is 0 Å². The van der Waals surface area contributed by atoms with Gasteiger partial charge in [0.1, 0.15) is 54.4 Å². The predicted molar refractivity (Wildman–Crippen MR) is 215 cm³/mol. The fourth-order valence-electron chi connectivity index (χ4n) is 7.86. The molecular formula is C43H46N3O15+. The number of aliphatic carboxylic acids is 1. The third kappa shape index (κ3) is 8.58. The predicted octanol–water partition coefficient (Wildman–Crippen LogP) is 0.0815. The van der Waals surface area contributed by atoms with Crippen LogP contribution in [-0.2, 0) is 23.9 Å². The van der Waals surface area contributed by atoms with Gasteiger partial charge in [0.2, 0.25) is 12.4 Å². The molecule has 3 aliphatic rings. The summed E-state index contributed by atoms with van der Waals surface area (Å²) in [5.41, 5.74) is 5.13. The summed E-state index contributed by atoms with van der Waals surface area (Å²) in [6.07, 6.45) is -5.24. The highest BCUT2D eigenvalue weighted by Crippen LogP contribution is 2.35. The fraction of sp³-hybridized carbons (Fsp3) is 0.349. The lowest BCUT2D eigenvalue weighted by molar-refractivity contribution is -1.04. The smallest absolute Gasteiger partial charge is 0.324 e. The number of hydrogen-bond acceptors (Lipinski definition) is 16. The van der Waals surface area contributed by atoms with E-state index in [-0.39, 0.29) is 41.0 Å². The van der Waals surface area contributed by atoms with E-state index in [0.29, 0.717) is 22.0 Å². The van der Waals surface area contributed by atoms with Crippen molar-refractivity contribution in [3.05, 3.63) is 111 Å². The van der Waals surface area contributed by atoms with Crippen LogP contribution in [0.2, 0.25) is 0 Å². The number of quaternary nitrogens is 1. The topological polar surface area (TPSA) is 272 Å². The lowest BCUT2D eigenvalue weighted by Gasteiger charge is -2.46. The molecule has 0 spiro atoms. The average molecular weight is 845 g/mol. The van der Waals surface area contributed by atoms with E-state index in [1.54, 1.807) is 18.3 Å². The molecule has 61 heavy (non-hydrogen) atoms. The number of aryl methyl sites for hydroxylation is 2. The Balaban J connectivity index is 1.25. The molecule has 0 aliphatic carbocycles. The minimum absolute atomic E-state index is 0.0150. The molecule has 0 radical (unpaired) electrons. The standard InChI is InChI=1S/C43H45N3O15/c1-21-14-22(2)16-25(15-21)34-33-24(10-12-45-33)18-46(34)61-38-36(51)37(52)39(43(56,20-48)60-41(55)32(40(53)54)30(44-3)11-13-47)59-42(38)58-27-8-9-28-31(17-27)57-19-29(35(28)50)23-4-6-26(49)7-5-23/h4-10,12,14-17,19,30,32,36-39,42,44,47-49,51-52,56H,11,13,18,20H2,1-3H3,(H,53,54)/p+1. The summed E-state index contributed by atoms with van der Waals surface area (Å²) in [4.78, 5) is 50.3. The van der Waals surface area contributed by atoms with Crippen LogP contribution in [0.5, 0.6) is 11.5 Å². The number of carboxylic acids is 1. The van der Waals surface area contributed by atoms with E-state index in [1.165, 1.54) is 43.6 Å². The summed E-state index contributed by atoms with van der Waals surface area (Å²) in [6, 6.07) is 14.9. The summed E-state index contributed by atoms with van der Waals surface area (Å²) in [6.45, 7) is 2.13. The number of fused-ring (bicyclic) bond motifs is 2. The summed E-state index contributed by atoms with van der Waals surface area (Å²) in [5.74, 6) is -8.42. The molecular weight excluding hydrogens is 798 g/mol. The van der Waals surface area contributed by atoms with Gasteiger partial charge in [0, 0.05) is 36.1 Å². The van der Waals surface area contributed by atoms with Gasteiger partial charge >= 0.3 is 11.9 Å². The number of benzene rings is 3. The third-order valence-electron chi connectivity index (χ3n) is 10.8. The highest BCUT2D eigenvalue weighted by molar-refractivity contribution is 5.95. The van der Waals surface area contributed by atoms with Gasteiger partial charge in [0.05, 0.1) is 10.9 Å². The maximum absolute atomic E-state index is 13.5. The molecule has 0 amide bonds. The van der Waals surface area contributed by atoms with Crippen molar-refractivity contribution in [2.75, 3.05) is 26.8 Å². The number of aliphatic hydroxyl groups is 5. The van der Waals surface area contributed by atoms with Gasteiger partial charge in [-0.25, -0.2) is 4.99 Å². The van der Waals surface area contributed by atoms with Gasteiger partial charge in [-0.1, -0.05) is 29.3 Å². The molecule has 7 rings (SSSR count). The number of esters is 1. The van der Waals surface area contributed by atoms with E-state index in [2.05, 4.69) is 10.3 Å². The normalized spacial score (nSPS) is 24.2. The van der Waals surface area contributed by atoms with Crippen LogP contribution in [0.15, 0.2) is 98.5 Å². The highest BCUT2D eigenvalue weighted by Gasteiger charge is 2.59. The van der Waals surface area contributed by atoms with E-state index in [9.17, 15) is 50.1 Å². The number of hydrogen-bond donors (Lipinski definition) is 9. The van der Waals surface area contributed by atoms with Gasteiger partial charge in [-0.2, -0.15) is 9.90 Å². The van der Waals surface area contributed by atoms with Crippen LogP contribution in [-0.4, -0.2) is 123 Å². The number of carbonyl (C=O) groups is 2. The first-order valence-electron chi connectivity index (χ1n) is 19.4. The van der Waals surface area contributed by atoms with Crippen LogP contribution in [0.3, 0.4) is 0 Å². The number of hydroxylamine groups is 2. The monoisotopic (exact) mass is 844 g/mol. The molecule has 9 atom stereocenters. The number of carbonyl (C=O) groups excluding carboxylic acids is 1. The molecule has 18 nitrogen and oxygen atoms in total. The molecule has 1 fully saturated rings. The van der Waals surface area contributed by atoms with Gasteiger partial charge in [-0.3, -0.25) is 14.4 Å². The lowest BCUT2D eigenvalue weighted by Crippen LogP contribution is -3.08. The van der Waals surface area contributed by atoms with Crippen LogP contribution < -0.4 is 20.5 Å². The molecule has 3 aromatic carbocycles. The molecule has 0 bridgehead atoms. The Labute approximate surface area is 347 Å². The molecule has 322 valence electrons. The Kier molecular flexibility index (Phi) is 12.5. The van der Waals surface area contributed by atoms with Crippen LogP contribution in [0.1, 0.15) is 23.1 Å². The number of aliphatic hydroxyl groups excluding tert-OH is 4. The SMILES string of the molecule is CNC(CCO)C(C(=O)O)C(=O)OC(O)(CO)C1OC(Oc2ccc3c(=O)c(-c4ccc(O)cc4)coc3c2)C(O[NH+]2CC3=CC=NC3=C2c2cc(C)cc(C)c2)C(O)C1O. The van der Waals surface area contributed by atoms with Crippen molar-refractivity contribution >= 4 is 34.8 Å². The summed E-state index contributed by atoms with van der Waals surface area (Å²) in [7, 11) is 1.35. The maximum Gasteiger partial charge on any atom is 0.324 e. The molecule has 1 aromatic heterocycles. The molecule has 9 N–H and O–H groups in total. The Morgan fingerprint density at radius 3 is 2.39 bits per heavy atom. The molecule has 0 saturated carbocycles. The Morgan fingerprint density at radius 2 is 1.74 bits per heavy atom. The molecule has 1 saturated heterocycles. The molecule has 4 heterocycles. The second-order valence-electron chi connectivity index (χ2n) is 15.1. The molecule has 18 heteroatoms. The van der Waals surface area contributed by atoms with Crippen molar-refractivity contribution < 1.29 is 73.9 Å². The number of nitrogens with zero attached hydrogens (tertiary/aromatic N) is 1. The first-order valence-corrected chi connectivity index (χ1v) is 19.4. The molecule has 3 aliphatic heterocycles. The zero-order valence-electron chi connectivity index (χ0n) is 33.2. The number of rotatable bonds is 15. The first-order chi connectivity index (χ1) is 29.2. The van der Waals surface area contributed by atoms with Crippen molar-refractivity contribution in [3.63, 3.8) is 0 Å². The lowest BCUT2D eigenvalue weighted by atomic mass is 9.92. The quantitative estimate of drug-likeness (QED) is 0.0436. The van der Waals surface area contributed by atoms with Gasteiger partial charge < -0.3 is 59.7 Å². The summed E-state index contributed by atoms with van der Waals surface area (Å²) < 4.78 is 23.4. The highest BCUT2D eigenvalue weighted by atomic mass is 16.8. The van der Waals surface area contributed by atoms with Crippen molar-refractivity contribution in [3.8, 4) is 22.6 Å². The van der Waals surface area contributed by atoms with Crippen LogP contribution in [0, 0.1) is 19.8 Å².